The van der Waals surface area contributed by atoms with Gasteiger partial charge in [-0.25, -0.2) is 9.97 Å². The Hall–Kier alpha value is -1.97. The summed E-state index contributed by atoms with van der Waals surface area (Å²) in [7, 11) is 0. The molecule has 0 saturated heterocycles. The van der Waals surface area contributed by atoms with Crippen molar-refractivity contribution in [3.05, 3.63) is 47.7 Å². The summed E-state index contributed by atoms with van der Waals surface area (Å²) in [5, 5.41) is 3.54. The van der Waals surface area contributed by atoms with Crippen molar-refractivity contribution in [1.29, 1.82) is 0 Å². The molecule has 2 rings (SSSR count). The van der Waals surface area contributed by atoms with Crippen molar-refractivity contribution in [3.8, 4) is 0 Å². The van der Waals surface area contributed by atoms with Crippen LogP contribution in [0.3, 0.4) is 0 Å². The molecule has 0 aromatic carbocycles. The topological polar surface area (TPSA) is 50.7 Å². The smallest absolute Gasteiger partial charge is 0.133 e. The van der Waals surface area contributed by atoms with Gasteiger partial charge in [-0.2, -0.15) is 0 Å². The molecule has 4 heteroatoms. The first-order chi connectivity index (χ1) is 9.61. The quantitative estimate of drug-likeness (QED) is 0.902. The van der Waals surface area contributed by atoms with Gasteiger partial charge in [0.2, 0.25) is 0 Å². The SMILES string of the molecule is CCc1cnc(C)nc1N[C@@H](c1ccccn1)C(C)C. The first-order valence-electron chi connectivity index (χ1n) is 7.11. The van der Waals surface area contributed by atoms with Gasteiger partial charge in [0, 0.05) is 18.0 Å². The highest BCUT2D eigenvalue weighted by atomic mass is 15.1. The van der Waals surface area contributed by atoms with Crippen LogP contribution in [0.2, 0.25) is 0 Å². The minimum atomic E-state index is 0.149. The summed E-state index contributed by atoms with van der Waals surface area (Å²) in [4.78, 5) is 13.3. The molecule has 0 aliphatic carbocycles. The van der Waals surface area contributed by atoms with Gasteiger partial charge in [-0.1, -0.05) is 26.8 Å². The zero-order valence-corrected chi connectivity index (χ0v) is 12.6. The maximum atomic E-state index is 4.54. The first-order valence-corrected chi connectivity index (χ1v) is 7.11. The van der Waals surface area contributed by atoms with Crippen molar-refractivity contribution in [2.24, 2.45) is 5.92 Å². The number of anilines is 1. The van der Waals surface area contributed by atoms with E-state index in [-0.39, 0.29) is 6.04 Å². The van der Waals surface area contributed by atoms with E-state index in [1.165, 1.54) is 0 Å². The van der Waals surface area contributed by atoms with Crippen molar-refractivity contribution in [1.82, 2.24) is 15.0 Å². The Morgan fingerprint density at radius 1 is 1.20 bits per heavy atom. The Balaban J connectivity index is 2.32. The third kappa shape index (κ3) is 3.32. The van der Waals surface area contributed by atoms with Gasteiger partial charge in [0.1, 0.15) is 11.6 Å². The Kier molecular flexibility index (Phi) is 4.66. The predicted molar refractivity (Wildman–Crippen MR) is 81.6 cm³/mol. The molecule has 106 valence electrons. The number of nitrogens with zero attached hydrogens (tertiary/aromatic N) is 3. The van der Waals surface area contributed by atoms with Crippen LogP contribution >= 0.6 is 0 Å². The molecule has 2 aromatic rings. The molecule has 0 amide bonds. The van der Waals surface area contributed by atoms with Crippen LogP contribution in [0.25, 0.3) is 0 Å². The molecule has 2 aromatic heterocycles. The second kappa shape index (κ2) is 6.46. The summed E-state index contributed by atoms with van der Waals surface area (Å²) in [5.74, 6) is 2.13. The molecule has 0 aliphatic rings. The van der Waals surface area contributed by atoms with E-state index in [4.69, 9.17) is 0 Å². The normalized spacial score (nSPS) is 12.4. The lowest BCUT2D eigenvalue weighted by atomic mass is 10.00. The van der Waals surface area contributed by atoms with Gasteiger partial charge >= 0.3 is 0 Å². The standard InChI is InChI=1S/C16H22N4/c1-5-13-10-18-12(4)19-16(13)20-15(11(2)3)14-8-6-7-9-17-14/h6-11,15H,5H2,1-4H3,(H,18,19,20)/t15-/m1/s1. The number of aromatic nitrogens is 3. The molecular formula is C16H22N4. The summed E-state index contributed by atoms with van der Waals surface area (Å²) in [5.41, 5.74) is 2.18. The molecule has 0 radical (unpaired) electrons. The number of nitrogens with one attached hydrogen (secondary N) is 1. The zero-order valence-electron chi connectivity index (χ0n) is 12.6. The van der Waals surface area contributed by atoms with Gasteiger partial charge in [-0.05, 0) is 31.4 Å². The second-order valence-electron chi connectivity index (χ2n) is 5.27. The van der Waals surface area contributed by atoms with Gasteiger partial charge in [-0.3, -0.25) is 4.98 Å². The Morgan fingerprint density at radius 3 is 2.60 bits per heavy atom. The maximum absolute atomic E-state index is 4.54. The van der Waals surface area contributed by atoms with E-state index < -0.39 is 0 Å². The Bertz CT molecular complexity index is 552. The summed E-state index contributed by atoms with van der Waals surface area (Å²) in [6.45, 7) is 8.40. The Morgan fingerprint density at radius 2 is 2.00 bits per heavy atom. The lowest BCUT2D eigenvalue weighted by molar-refractivity contribution is 0.532. The number of hydrogen-bond donors (Lipinski definition) is 1. The van der Waals surface area contributed by atoms with E-state index in [9.17, 15) is 0 Å². The highest BCUT2D eigenvalue weighted by Gasteiger charge is 2.18. The molecule has 0 spiro atoms. The lowest BCUT2D eigenvalue weighted by Crippen LogP contribution is -2.20. The van der Waals surface area contributed by atoms with E-state index >= 15 is 0 Å². The monoisotopic (exact) mass is 270 g/mol. The van der Waals surface area contributed by atoms with Gasteiger partial charge in [0.15, 0.2) is 0 Å². The fraction of sp³-hybridized carbons (Fsp3) is 0.438. The Labute approximate surface area is 120 Å². The number of pyridine rings is 1. The number of rotatable bonds is 5. The third-order valence-electron chi connectivity index (χ3n) is 3.33. The van der Waals surface area contributed by atoms with Crippen LogP contribution in [0.4, 0.5) is 5.82 Å². The molecule has 0 saturated carbocycles. The molecule has 20 heavy (non-hydrogen) atoms. The summed E-state index contributed by atoms with van der Waals surface area (Å²) >= 11 is 0. The predicted octanol–water partition coefficient (Wildman–Crippen LogP) is 3.55. The van der Waals surface area contributed by atoms with Crippen LogP contribution in [-0.4, -0.2) is 15.0 Å². The molecule has 2 heterocycles. The molecule has 0 aliphatic heterocycles. The molecule has 1 atom stereocenters. The van der Waals surface area contributed by atoms with E-state index in [1.54, 1.807) is 0 Å². The number of aryl methyl sites for hydroxylation is 2. The van der Waals surface area contributed by atoms with Crippen LogP contribution in [0.1, 0.15) is 43.9 Å². The average Bonchev–Trinajstić information content (AvgIpc) is 2.45. The van der Waals surface area contributed by atoms with Crippen LogP contribution in [0.5, 0.6) is 0 Å². The second-order valence-corrected chi connectivity index (χ2v) is 5.27. The van der Waals surface area contributed by atoms with E-state index in [0.29, 0.717) is 5.92 Å². The summed E-state index contributed by atoms with van der Waals surface area (Å²) < 4.78 is 0. The fourth-order valence-electron chi connectivity index (χ4n) is 2.17. The fourth-order valence-corrected chi connectivity index (χ4v) is 2.17. The van der Waals surface area contributed by atoms with Crippen LogP contribution in [-0.2, 0) is 6.42 Å². The van der Waals surface area contributed by atoms with E-state index in [0.717, 1.165) is 29.3 Å². The summed E-state index contributed by atoms with van der Waals surface area (Å²) in [6, 6.07) is 6.16. The summed E-state index contributed by atoms with van der Waals surface area (Å²) in [6.07, 6.45) is 4.65. The molecule has 0 unspecified atom stereocenters. The van der Waals surface area contributed by atoms with Crippen molar-refractivity contribution >= 4 is 5.82 Å². The molecule has 0 bridgehead atoms. The van der Waals surface area contributed by atoms with Crippen molar-refractivity contribution in [2.45, 2.75) is 40.2 Å². The van der Waals surface area contributed by atoms with E-state index in [1.807, 2.05) is 31.5 Å². The highest BCUT2D eigenvalue weighted by molar-refractivity contribution is 5.45. The minimum Gasteiger partial charge on any atom is -0.361 e. The van der Waals surface area contributed by atoms with E-state index in [2.05, 4.69) is 47.1 Å². The van der Waals surface area contributed by atoms with Gasteiger partial charge < -0.3 is 5.32 Å². The molecular weight excluding hydrogens is 248 g/mol. The molecule has 4 nitrogen and oxygen atoms in total. The van der Waals surface area contributed by atoms with Crippen LogP contribution in [0, 0.1) is 12.8 Å². The van der Waals surface area contributed by atoms with Gasteiger partial charge in [-0.15, -0.1) is 0 Å². The average molecular weight is 270 g/mol. The third-order valence-corrected chi connectivity index (χ3v) is 3.33. The first kappa shape index (κ1) is 14.4. The van der Waals surface area contributed by atoms with Crippen molar-refractivity contribution < 1.29 is 0 Å². The maximum Gasteiger partial charge on any atom is 0.133 e. The van der Waals surface area contributed by atoms with Gasteiger partial charge in [0.25, 0.3) is 0 Å². The number of hydrogen-bond acceptors (Lipinski definition) is 4. The van der Waals surface area contributed by atoms with Crippen LogP contribution < -0.4 is 5.32 Å². The highest BCUT2D eigenvalue weighted by Crippen LogP contribution is 2.25. The van der Waals surface area contributed by atoms with Gasteiger partial charge in [0.05, 0.1) is 11.7 Å². The zero-order chi connectivity index (χ0) is 14.5. The molecule has 0 fully saturated rings. The minimum absolute atomic E-state index is 0.149. The largest absolute Gasteiger partial charge is 0.361 e. The van der Waals surface area contributed by atoms with Crippen molar-refractivity contribution in [2.75, 3.05) is 5.32 Å². The lowest BCUT2D eigenvalue weighted by Gasteiger charge is -2.23. The van der Waals surface area contributed by atoms with Crippen LogP contribution in [0.15, 0.2) is 30.6 Å². The van der Waals surface area contributed by atoms with Crippen molar-refractivity contribution in [3.63, 3.8) is 0 Å². The molecule has 1 N–H and O–H groups in total.